The number of thioether (sulfide) groups is 1. The van der Waals surface area contributed by atoms with E-state index < -0.39 is 0 Å². The van der Waals surface area contributed by atoms with Crippen LogP contribution in [0.4, 0.5) is 0 Å². The fraction of sp³-hybridized carbons (Fsp3) is 0.143. The lowest BCUT2D eigenvalue weighted by molar-refractivity contribution is 0.941. The van der Waals surface area contributed by atoms with E-state index in [4.69, 9.17) is 28.9 Å². The molecule has 0 aliphatic carbocycles. The van der Waals surface area contributed by atoms with Gasteiger partial charge in [0, 0.05) is 26.7 Å². The van der Waals surface area contributed by atoms with Gasteiger partial charge in [-0.15, -0.1) is 11.8 Å². The summed E-state index contributed by atoms with van der Waals surface area (Å²) in [5.74, 6) is 0. The molecule has 0 aromatic heterocycles. The second-order valence-corrected chi connectivity index (χ2v) is 6.00. The molecule has 0 heterocycles. The van der Waals surface area contributed by atoms with Crippen LogP contribution in [-0.4, -0.2) is 6.54 Å². The van der Waals surface area contributed by atoms with Gasteiger partial charge in [-0.1, -0.05) is 41.4 Å². The fourth-order valence-electron chi connectivity index (χ4n) is 1.63. The van der Waals surface area contributed by atoms with Crippen molar-refractivity contribution in [3.05, 3.63) is 64.1 Å². The first-order chi connectivity index (χ1) is 8.69. The molecule has 2 N–H and O–H groups in total. The van der Waals surface area contributed by atoms with Gasteiger partial charge in [0.1, 0.15) is 0 Å². The Hall–Kier alpha value is -0.670. The van der Waals surface area contributed by atoms with E-state index in [-0.39, 0.29) is 5.25 Å². The maximum atomic E-state index is 5.98. The molecule has 2 aromatic rings. The molecule has 0 aliphatic heterocycles. The van der Waals surface area contributed by atoms with E-state index in [1.165, 1.54) is 5.56 Å². The first-order valence-electron chi connectivity index (χ1n) is 5.57. The van der Waals surface area contributed by atoms with Gasteiger partial charge in [0.2, 0.25) is 0 Å². The third-order valence-electron chi connectivity index (χ3n) is 2.53. The summed E-state index contributed by atoms with van der Waals surface area (Å²) in [5, 5.41) is 1.69. The Morgan fingerprint density at radius 1 is 1.00 bits per heavy atom. The molecule has 1 unspecified atom stereocenters. The van der Waals surface area contributed by atoms with Crippen LogP contribution in [-0.2, 0) is 0 Å². The predicted molar refractivity (Wildman–Crippen MR) is 80.6 cm³/mol. The number of benzene rings is 2. The number of rotatable bonds is 4. The van der Waals surface area contributed by atoms with E-state index >= 15 is 0 Å². The lowest BCUT2D eigenvalue weighted by Gasteiger charge is -2.15. The topological polar surface area (TPSA) is 26.0 Å². The lowest BCUT2D eigenvalue weighted by Crippen LogP contribution is -2.09. The van der Waals surface area contributed by atoms with Crippen molar-refractivity contribution < 1.29 is 0 Å². The summed E-state index contributed by atoms with van der Waals surface area (Å²) in [6.45, 7) is 0.568. The molecule has 0 amide bonds. The molecule has 0 fully saturated rings. The number of hydrogen-bond donors (Lipinski definition) is 1. The van der Waals surface area contributed by atoms with Gasteiger partial charge < -0.3 is 5.73 Å². The van der Waals surface area contributed by atoms with Crippen molar-refractivity contribution in [3.8, 4) is 0 Å². The van der Waals surface area contributed by atoms with E-state index in [1.807, 2.05) is 48.5 Å². The Bertz CT molecular complexity index is 513. The van der Waals surface area contributed by atoms with Gasteiger partial charge in [-0.3, -0.25) is 0 Å². The zero-order chi connectivity index (χ0) is 13.0. The highest BCUT2D eigenvalue weighted by Crippen LogP contribution is 2.35. The molecular formula is C14H13Cl2NS. The van der Waals surface area contributed by atoms with Crippen LogP contribution in [0.15, 0.2) is 53.4 Å². The molecule has 0 bridgehead atoms. The predicted octanol–water partition coefficient (Wildman–Crippen LogP) is 4.79. The molecule has 0 spiro atoms. The quantitative estimate of drug-likeness (QED) is 0.822. The molecule has 1 nitrogen and oxygen atoms in total. The molecule has 2 aromatic carbocycles. The molecule has 0 saturated heterocycles. The second-order valence-electron chi connectivity index (χ2n) is 3.85. The van der Waals surface area contributed by atoms with Crippen LogP contribution in [0, 0.1) is 0 Å². The lowest BCUT2D eigenvalue weighted by atomic mass is 10.1. The third-order valence-corrected chi connectivity index (χ3v) is 4.29. The molecule has 1 atom stereocenters. The van der Waals surface area contributed by atoms with Crippen molar-refractivity contribution in [3.63, 3.8) is 0 Å². The monoisotopic (exact) mass is 297 g/mol. The maximum absolute atomic E-state index is 5.98. The van der Waals surface area contributed by atoms with E-state index in [2.05, 4.69) is 0 Å². The van der Waals surface area contributed by atoms with Crippen molar-refractivity contribution in [1.82, 2.24) is 0 Å². The zero-order valence-corrected chi connectivity index (χ0v) is 12.0. The Morgan fingerprint density at radius 3 is 2.33 bits per heavy atom. The van der Waals surface area contributed by atoms with Crippen molar-refractivity contribution >= 4 is 35.0 Å². The minimum Gasteiger partial charge on any atom is -0.329 e. The average Bonchev–Trinajstić information content (AvgIpc) is 2.37. The smallest absolute Gasteiger partial charge is 0.0466 e. The zero-order valence-electron chi connectivity index (χ0n) is 9.64. The molecule has 2 rings (SSSR count). The Labute approximate surface area is 121 Å². The Morgan fingerprint density at radius 2 is 1.72 bits per heavy atom. The fourth-order valence-corrected chi connectivity index (χ4v) is 3.09. The van der Waals surface area contributed by atoms with E-state index in [9.17, 15) is 0 Å². The number of hydrogen-bond acceptors (Lipinski definition) is 2. The normalized spacial score (nSPS) is 12.4. The van der Waals surface area contributed by atoms with Gasteiger partial charge in [-0.25, -0.2) is 0 Å². The van der Waals surface area contributed by atoms with Crippen LogP contribution < -0.4 is 5.73 Å². The van der Waals surface area contributed by atoms with Gasteiger partial charge in [0.25, 0.3) is 0 Å². The minimum atomic E-state index is 0.209. The van der Waals surface area contributed by atoms with E-state index in [1.54, 1.807) is 11.8 Å². The van der Waals surface area contributed by atoms with Crippen LogP contribution in [0.3, 0.4) is 0 Å². The van der Waals surface area contributed by atoms with Crippen molar-refractivity contribution in [2.24, 2.45) is 5.73 Å². The van der Waals surface area contributed by atoms with Crippen LogP contribution in [0.5, 0.6) is 0 Å². The first kappa shape index (κ1) is 13.8. The molecular weight excluding hydrogens is 285 g/mol. The van der Waals surface area contributed by atoms with Gasteiger partial charge in [0.15, 0.2) is 0 Å². The van der Waals surface area contributed by atoms with Crippen LogP contribution in [0.2, 0.25) is 10.0 Å². The first-order valence-corrected chi connectivity index (χ1v) is 7.20. The number of nitrogens with two attached hydrogens (primary N) is 1. The molecule has 0 aliphatic rings. The maximum Gasteiger partial charge on any atom is 0.0466 e. The largest absolute Gasteiger partial charge is 0.329 e. The van der Waals surface area contributed by atoms with Gasteiger partial charge >= 0.3 is 0 Å². The molecule has 94 valence electrons. The third kappa shape index (κ3) is 3.66. The standard InChI is InChI=1S/C14H13Cl2NS/c15-11-6-4-10(5-7-11)14(9-17)18-13-3-1-2-12(16)8-13/h1-8,14H,9,17H2. The van der Waals surface area contributed by atoms with Gasteiger partial charge in [-0.2, -0.15) is 0 Å². The SMILES string of the molecule is NCC(Sc1cccc(Cl)c1)c1ccc(Cl)cc1. The highest BCUT2D eigenvalue weighted by molar-refractivity contribution is 7.99. The van der Waals surface area contributed by atoms with Gasteiger partial charge in [-0.05, 0) is 35.9 Å². The van der Waals surface area contributed by atoms with Gasteiger partial charge in [0.05, 0.1) is 0 Å². The summed E-state index contributed by atoms with van der Waals surface area (Å²) in [6.07, 6.45) is 0. The highest BCUT2D eigenvalue weighted by Gasteiger charge is 2.11. The molecule has 4 heteroatoms. The summed E-state index contributed by atoms with van der Waals surface area (Å²) in [7, 11) is 0. The number of halogens is 2. The van der Waals surface area contributed by atoms with Crippen molar-refractivity contribution in [1.29, 1.82) is 0 Å². The summed E-state index contributed by atoms with van der Waals surface area (Å²) in [6, 6.07) is 15.6. The molecule has 0 saturated carbocycles. The van der Waals surface area contributed by atoms with Crippen LogP contribution in [0.25, 0.3) is 0 Å². The van der Waals surface area contributed by atoms with Crippen molar-refractivity contribution in [2.45, 2.75) is 10.1 Å². The molecule has 0 radical (unpaired) electrons. The summed E-state index contributed by atoms with van der Waals surface area (Å²) in [4.78, 5) is 1.12. The van der Waals surface area contributed by atoms with Crippen LogP contribution in [0.1, 0.15) is 10.8 Å². The Kier molecular flexibility index (Phi) is 4.95. The minimum absolute atomic E-state index is 0.209. The summed E-state index contributed by atoms with van der Waals surface area (Å²) in [5.41, 5.74) is 7.01. The molecule has 18 heavy (non-hydrogen) atoms. The summed E-state index contributed by atoms with van der Waals surface area (Å²) >= 11 is 13.6. The average molecular weight is 298 g/mol. The van der Waals surface area contributed by atoms with E-state index in [0.29, 0.717) is 6.54 Å². The van der Waals surface area contributed by atoms with Crippen molar-refractivity contribution in [2.75, 3.05) is 6.54 Å². The second kappa shape index (κ2) is 6.48. The highest BCUT2D eigenvalue weighted by atomic mass is 35.5. The Balaban J connectivity index is 2.17. The summed E-state index contributed by atoms with van der Waals surface area (Å²) < 4.78 is 0. The van der Waals surface area contributed by atoms with Crippen LogP contribution >= 0.6 is 35.0 Å². The van der Waals surface area contributed by atoms with E-state index in [0.717, 1.165) is 14.9 Å².